The van der Waals surface area contributed by atoms with Crippen molar-refractivity contribution in [2.75, 3.05) is 26.2 Å². The van der Waals surface area contributed by atoms with Crippen molar-refractivity contribution in [3.8, 4) is 0 Å². The Labute approximate surface area is 182 Å². The standard InChI is InChI=1S/C21H26Cl2N2O3S/c22-17-2-1-3-18(23)19(17)29(27,28)25-6-4-24(5-7-25)20(26)21-11-14-8-15(12-21)10-16(9-14)13-21/h1-3,14-16H,4-13H2. The van der Waals surface area contributed by atoms with Gasteiger partial charge in [0, 0.05) is 26.2 Å². The van der Waals surface area contributed by atoms with Crippen molar-refractivity contribution in [2.24, 2.45) is 23.2 Å². The molecule has 5 fully saturated rings. The van der Waals surface area contributed by atoms with E-state index >= 15 is 0 Å². The molecule has 4 aliphatic carbocycles. The average Bonchev–Trinajstić information content (AvgIpc) is 2.66. The highest BCUT2D eigenvalue weighted by Crippen LogP contribution is 2.60. The number of hydrogen-bond donors (Lipinski definition) is 0. The summed E-state index contributed by atoms with van der Waals surface area (Å²) < 4.78 is 27.6. The second-order valence-electron chi connectivity index (χ2n) is 9.44. The lowest BCUT2D eigenvalue weighted by Gasteiger charge is -2.57. The third-order valence-corrected chi connectivity index (χ3v) is 10.4. The zero-order valence-corrected chi connectivity index (χ0v) is 18.6. The van der Waals surface area contributed by atoms with Crippen LogP contribution < -0.4 is 0 Å². The Bertz CT molecular complexity index is 886. The monoisotopic (exact) mass is 456 g/mol. The second kappa shape index (κ2) is 7.11. The Kier molecular flexibility index (Phi) is 4.93. The van der Waals surface area contributed by atoms with E-state index in [-0.39, 0.29) is 39.4 Å². The lowest BCUT2D eigenvalue weighted by molar-refractivity contribution is -0.158. The number of halogens is 2. The molecule has 0 N–H and O–H groups in total. The normalized spacial score (nSPS) is 34.6. The van der Waals surface area contributed by atoms with Gasteiger partial charge in [0.2, 0.25) is 15.9 Å². The molecule has 0 unspecified atom stereocenters. The molecule has 1 heterocycles. The molecule has 158 valence electrons. The van der Waals surface area contributed by atoms with Gasteiger partial charge >= 0.3 is 0 Å². The summed E-state index contributed by atoms with van der Waals surface area (Å²) in [6.45, 7) is 1.42. The quantitative estimate of drug-likeness (QED) is 0.689. The van der Waals surface area contributed by atoms with Gasteiger partial charge in [-0.1, -0.05) is 29.3 Å². The summed E-state index contributed by atoms with van der Waals surface area (Å²) in [6, 6.07) is 4.70. The van der Waals surface area contributed by atoms with Crippen molar-refractivity contribution >= 4 is 39.1 Å². The first kappa shape index (κ1) is 20.1. The van der Waals surface area contributed by atoms with E-state index in [1.807, 2.05) is 4.90 Å². The van der Waals surface area contributed by atoms with Crippen molar-refractivity contribution in [1.29, 1.82) is 0 Å². The van der Waals surface area contributed by atoms with E-state index in [4.69, 9.17) is 23.2 Å². The van der Waals surface area contributed by atoms with Gasteiger partial charge < -0.3 is 4.90 Å². The third-order valence-electron chi connectivity index (χ3n) is 7.53. The maximum absolute atomic E-state index is 13.5. The molecule has 0 aromatic heterocycles. The topological polar surface area (TPSA) is 57.7 Å². The molecule has 6 rings (SSSR count). The van der Waals surface area contributed by atoms with Crippen molar-refractivity contribution < 1.29 is 13.2 Å². The molecular weight excluding hydrogens is 431 g/mol. The lowest BCUT2D eigenvalue weighted by Crippen LogP contribution is -2.58. The lowest BCUT2D eigenvalue weighted by atomic mass is 9.49. The van der Waals surface area contributed by atoms with E-state index in [0.717, 1.165) is 19.3 Å². The Morgan fingerprint density at radius 3 is 1.86 bits per heavy atom. The number of nitrogens with zero attached hydrogens (tertiary/aromatic N) is 2. The van der Waals surface area contributed by atoms with Gasteiger partial charge in [0.25, 0.3) is 0 Å². The van der Waals surface area contributed by atoms with Crippen LogP contribution in [-0.4, -0.2) is 49.7 Å². The minimum Gasteiger partial charge on any atom is -0.340 e. The molecular formula is C21H26Cl2N2O3S. The maximum atomic E-state index is 13.5. The molecule has 1 aromatic carbocycles. The van der Waals surface area contributed by atoms with Crippen LogP contribution in [0.15, 0.2) is 23.1 Å². The van der Waals surface area contributed by atoms with Gasteiger partial charge in [-0.05, 0) is 68.4 Å². The van der Waals surface area contributed by atoms with Crippen LogP contribution >= 0.6 is 23.2 Å². The fraction of sp³-hybridized carbons (Fsp3) is 0.667. The number of amides is 1. The number of sulfonamides is 1. The number of carbonyl (C=O) groups excluding carboxylic acids is 1. The molecule has 5 nitrogen and oxygen atoms in total. The summed E-state index contributed by atoms with van der Waals surface area (Å²) in [5.74, 6) is 2.42. The smallest absolute Gasteiger partial charge is 0.246 e. The Hall–Kier alpha value is -0.820. The zero-order chi connectivity index (χ0) is 20.4. The largest absolute Gasteiger partial charge is 0.340 e. The molecule has 0 spiro atoms. The van der Waals surface area contributed by atoms with Gasteiger partial charge in [-0.2, -0.15) is 4.31 Å². The summed E-state index contributed by atoms with van der Waals surface area (Å²) in [5.41, 5.74) is -0.179. The fourth-order valence-corrected chi connectivity index (χ4v) is 9.21. The van der Waals surface area contributed by atoms with Crippen LogP contribution in [0.4, 0.5) is 0 Å². The number of carbonyl (C=O) groups is 1. The second-order valence-corrected chi connectivity index (χ2v) is 12.1. The van der Waals surface area contributed by atoms with E-state index in [1.165, 1.54) is 35.7 Å². The molecule has 8 heteroatoms. The molecule has 1 aromatic rings. The van der Waals surface area contributed by atoms with Crippen LogP contribution in [0.3, 0.4) is 0 Å². The highest BCUT2D eigenvalue weighted by atomic mass is 35.5. The summed E-state index contributed by atoms with van der Waals surface area (Å²) in [7, 11) is -3.79. The molecule has 0 atom stereocenters. The summed E-state index contributed by atoms with van der Waals surface area (Å²) in [6.07, 6.45) is 7.01. The van der Waals surface area contributed by atoms with Gasteiger partial charge in [-0.15, -0.1) is 0 Å². The van der Waals surface area contributed by atoms with Crippen LogP contribution in [0.2, 0.25) is 10.0 Å². The first-order chi connectivity index (χ1) is 13.8. The van der Waals surface area contributed by atoms with Gasteiger partial charge in [0.05, 0.1) is 15.5 Å². The van der Waals surface area contributed by atoms with E-state index in [0.29, 0.717) is 30.8 Å². The third kappa shape index (κ3) is 3.31. The van der Waals surface area contributed by atoms with E-state index < -0.39 is 10.0 Å². The van der Waals surface area contributed by atoms with E-state index in [2.05, 4.69) is 0 Å². The van der Waals surface area contributed by atoms with Crippen LogP contribution in [-0.2, 0) is 14.8 Å². The van der Waals surface area contributed by atoms with Crippen molar-refractivity contribution in [3.63, 3.8) is 0 Å². The fourth-order valence-electron chi connectivity index (χ4n) is 6.70. The number of piperazine rings is 1. The van der Waals surface area contributed by atoms with Gasteiger partial charge in [0.15, 0.2) is 0 Å². The Morgan fingerprint density at radius 1 is 0.897 bits per heavy atom. The maximum Gasteiger partial charge on any atom is 0.246 e. The molecule has 4 bridgehead atoms. The first-order valence-electron chi connectivity index (χ1n) is 10.5. The van der Waals surface area contributed by atoms with Crippen molar-refractivity contribution in [2.45, 2.75) is 43.4 Å². The predicted octanol–water partition coefficient (Wildman–Crippen LogP) is 4.04. The molecule has 1 saturated heterocycles. The summed E-state index contributed by atoms with van der Waals surface area (Å²) in [4.78, 5) is 15.4. The molecule has 29 heavy (non-hydrogen) atoms. The summed E-state index contributed by atoms with van der Waals surface area (Å²) in [5, 5.41) is 0.258. The average molecular weight is 457 g/mol. The molecule has 0 radical (unpaired) electrons. The Balaban J connectivity index is 1.30. The van der Waals surface area contributed by atoms with Crippen molar-refractivity contribution in [3.05, 3.63) is 28.2 Å². The predicted molar refractivity (Wildman–Crippen MR) is 112 cm³/mol. The number of benzene rings is 1. The minimum atomic E-state index is -3.79. The van der Waals surface area contributed by atoms with Crippen molar-refractivity contribution in [1.82, 2.24) is 9.21 Å². The van der Waals surface area contributed by atoms with Gasteiger partial charge in [0.1, 0.15) is 4.90 Å². The van der Waals surface area contributed by atoms with Crippen LogP contribution in [0.5, 0.6) is 0 Å². The van der Waals surface area contributed by atoms with Crippen LogP contribution in [0, 0.1) is 23.2 Å². The van der Waals surface area contributed by atoms with Gasteiger partial charge in [-0.3, -0.25) is 4.79 Å². The highest BCUT2D eigenvalue weighted by Gasteiger charge is 2.55. The van der Waals surface area contributed by atoms with E-state index in [1.54, 1.807) is 6.07 Å². The Morgan fingerprint density at radius 2 is 1.38 bits per heavy atom. The molecule has 4 saturated carbocycles. The highest BCUT2D eigenvalue weighted by molar-refractivity contribution is 7.89. The van der Waals surface area contributed by atoms with Gasteiger partial charge in [-0.25, -0.2) is 8.42 Å². The SMILES string of the molecule is O=C(N1CCN(S(=O)(=O)c2c(Cl)cccc2Cl)CC1)C12CC3CC(CC(C3)C1)C2. The zero-order valence-electron chi connectivity index (χ0n) is 16.3. The minimum absolute atomic E-state index is 0.0378. The molecule has 5 aliphatic rings. The van der Waals surface area contributed by atoms with Crippen LogP contribution in [0.1, 0.15) is 38.5 Å². The van der Waals surface area contributed by atoms with E-state index in [9.17, 15) is 13.2 Å². The van der Waals surface area contributed by atoms with Crippen LogP contribution in [0.25, 0.3) is 0 Å². The molecule has 1 aliphatic heterocycles. The summed E-state index contributed by atoms with van der Waals surface area (Å²) >= 11 is 12.3. The first-order valence-corrected chi connectivity index (χ1v) is 12.7. The number of hydrogen-bond acceptors (Lipinski definition) is 3. The molecule has 1 amide bonds. The number of rotatable bonds is 3.